The molecule has 1 aromatic heterocycles. The molecule has 1 aromatic carbocycles. The van der Waals surface area contributed by atoms with E-state index in [-0.39, 0.29) is 11.9 Å². The van der Waals surface area contributed by atoms with Gasteiger partial charge in [0.2, 0.25) is 6.41 Å². The van der Waals surface area contributed by atoms with Gasteiger partial charge in [-0.15, -0.1) is 0 Å². The summed E-state index contributed by atoms with van der Waals surface area (Å²) in [6, 6.07) is 6.59. The standard InChI is InChI=1S/C15H16FN3O/c16-13-5-3-12(4-6-13)15-9-19(10-17-15)14-2-1-7-18(8-14)11-20/h3-6,9-11,14H,1-2,7-8H2. The van der Waals surface area contributed by atoms with Crippen LogP contribution in [0.15, 0.2) is 36.8 Å². The van der Waals surface area contributed by atoms with E-state index in [4.69, 9.17) is 0 Å². The predicted octanol–water partition coefficient (Wildman–Crippen LogP) is 2.48. The van der Waals surface area contributed by atoms with Gasteiger partial charge in [-0.05, 0) is 37.1 Å². The maximum Gasteiger partial charge on any atom is 0.209 e. The van der Waals surface area contributed by atoms with Crippen molar-refractivity contribution >= 4 is 6.41 Å². The lowest BCUT2D eigenvalue weighted by atomic mass is 10.1. The van der Waals surface area contributed by atoms with Crippen LogP contribution in [0.4, 0.5) is 4.39 Å². The summed E-state index contributed by atoms with van der Waals surface area (Å²) in [6.07, 6.45) is 6.71. The quantitative estimate of drug-likeness (QED) is 0.806. The zero-order chi connectivity index (χ0) is 13.9. The number of carbonyl (C=O) groups is 1. The molecule has 0 spiro atoms. The van der Waals surface area contributed by atoms with Crippen molar-refractivity contribution in [1.29, 1.82) is 0 Å². The maximum absolute atomic E-state index is 12.9. The third kappa shape index (κ3) is 2.57. The van der Waals surface area contributed by atoms with Gasteiger partial charge < -0.3 is 9.47 Å². The fourth-order valence-corrected chi connectivity index (χ4v) is 2.63. The van der Waals surface area contributed by atoms with E-state index in [0.717, 1.165) is 43.6 Å². The molecule has 3 rings (SSSR count). The lowest BCUT2D eigenvalue weighted by Crippen LogP contribution is -2.35. The second kappa shape index (κ2) is 5.45. The van der Waals surface area contributed by atoms with E-state index in [9.17, 15) is 9.18 Å². The van der Waals surface area contributed by atoms with Crippen molar-refractivity contribution in [2.45, 2.75) is 18.9 Å². The van der Waals surface area contributed by atoms with Gasteiger partial charge in [0.25, 0.3) is 0 Å². The molecule has 2 heterocycles. The first-order valence-electron chi connectivity index (χ1n) is 6.75. The van der Waals surface area contributed by atoms with E-state index in [1.165, 1.54) is 12.1 Å². The van der Waals surface area contributed by atoms with Crippen LogP contribution >= 0.6 is 0 Å². The molecular weight excluding hydrogens is 257 g/mol. The normalized spacial score (nSPS) is 19.1. The molecule has 0 radical (unpaired) electrons. The summed E-state index contributed by atoms with van der Waals surface area (Å²) >= 11 is 0. The number of carbonyl (C=O) groups excluding carboxylic acids is 1. The molecule has 1 unspecified atom stereocenters. The van der Waals surface area contributed by atoms with Crippen molar-refractivity contribution in [2.24, 2.45) is 0 Å². The molecule has 1 atom stereocenters. The van der Waals surface area contributed by atoms with Crippen LogP contribution in [-0.2, 0) is 4.79 Å². The Morgan fingerprint density at radius 2 is 2.10 bits per heavy atom. The average molecular weight is 273 g/mol. The van der Waals surface area contributed by atoms with Crippen LogP contribution in [0.25, 0.3) is 11.3 Å². The Hall–Kier alpha value is -2.17. The fourth-order valence-electron chi connectivity index (χ4n) is 2.63. The van der Waals surface area contributed by atoms with Gasteiger partial charge in [-0.2, -0.15) is 0 Å². The Balaban J connectivity index is 1.79. The molecule has 1 saturated heterocycles. The molecule has 1 aliphatic heterocycles. The van der Waals surface area contributed by atoms with Gasteiger partial charge in [-0.3, -0.25) is 4.79 Å². The summed E-state index contributed by atoms with van der Waals surface area (Å²) in [6.45, 7) is 1.56. The van der Waals surface area contributed by atoms with Gasteiger partial charge in [-0.25, -0.2) is 9.37 Å². The number of benzene rings is 1. The molecule has 0 N–H and O–H groups in total. The number of hydrogen-bond donors (Lipinski definition) is 0. The van der Waals surface area contributed by atoms with Crippen LogP contribution < -0.4 is 0 Å². The van der Waals surface area contributed by atoms with Crippen LogP contribution in [0.1, 0.15) is 18.9 Å². The molecule has 1 amide bonds. The SMILES string of the molecule is O=CN1CCCC(n2cnc(-c3ccc(F)cc3)c2)C1. The van der Waals surface area contributed by atoms with Crippen LogP contribution in [0.2, 0.25) is 0 Å². The topological polar surface area (TPSA) is 38.1 Å². The van der Waals surface area contributed by atoms with Crippen molar-refractivity contribution in [1.82, 2.24) is 14.5 Å². The zero-order valence-electron chi connectivity index (χ0n) is 11.1. The number of likely N-dealkylation sites (tertiary alicyclic amines) is 1. The summed E-state index contributed by atoms with van der Waals surface area (Å²) in [4.78, 5) is 17.0. The smallest absolute Gasteiger partial charge is 0.209 e. The molecule has 1 aliphatic rings. The lowest BCUT2D eigenvalue weighted by Gasteiger charge is -2.30. The summed E-state index contributed by atoms with van der Waals surface area (Å²) in [5.41, 5.74) is 1.72. The summed E-state index contributed by atoms with van der Waals surface area (Å²) < 4.78 is 15.0. The largest absolute Gasteiger partial charge is 0.343 e. The summed E-state index contributed by atoms with van der Waals surface area (Å²) in [5, 5.41) is 0. The molecule has 20 heavy (non-hydrogen) atoms. The second-order valence-electron chi connectivity index (χ2n) is 5.11. The first-order chi connectivity index (χ1) is 9.76. The summed E-state index contributed by atoms with van der Waals surface area (Å²) in [7, 11) is 0. The van der Waals surface area contributed by atoms with Crippen molar-refractivity contribution in [3.05, 3.63) is 42.6 Å². The molecule has 1 fully saturated rings. The zero-order valence-corrected chi connectivity index (χ0v) is 11.1. The highest BCUT2D eigenvalue weighted by Gasteiger charge is 2.20. The van der Waals surface area contributed by atoms with E-state index in [0.29, 0.717) is 0 Å². The Morgan fingerprint density at radius 3 is 2.85 bits per heavy atom. The highest BCUT2D eigenvalue weighted by atomic mass is 19.1. The number of nitrogens with zero attached hydrogens (tertiary/aromatic N) is 3. The number of hydrogen-bond acceptors (Lipinski definition) is 2. The van der Waals surface area contributed by atoms with Crippen LogP contribution in [0.5, 0.6) is 0 Å². The maximum atomic E-state index is 12.9. The third-order valence-electron chi connectivity index (χ3n) is 3.74. The van der Waals surface area contributed by atoms with Gasteiger partial charge in [0.1, 0.15) is 5.82 Å². The molecule has 2 aromatic rings. The number of aromatic nitrogens is 2. The highest BCUT2D eigenvalue weighted by Crippen LogP contribution is 2.24. The third-order valence-corrected chi connectivity index (χ3v) is 3.74. The van der Waals surface area contributed by atoms with Crippen molar-refractivity contribution in [3.63, 3.8) is 0 Å². The minimum Gasteiger partial charge on any atom is -0.343 e. The number of amides is 1. The number of imidazole rings is 1. The molecule has 0 saturated carbocycles. The van der Waals surface area contributed by atoms with Gasteiger partial charge in [0, 0.05) is 24.8 Å². The Kier molecular flexibility index (Phi) is 3.50. The van der Waals surface area contributed by atoms with Gasteiger partial charge in [0.15, 0.2) is 0 Å². The first kappa shape index (κ1) is 12.8. The van der Waals surface area contributed by atoms with Crippen molar-refractivity contribution in [2.75, 3.05) is 13.1 Å². The lowest BCUT2D eigenvalue weighted by molar-refractivity contribution is -0.119. The Labute approximate surface area is 116 Å². The van der Waals surface area contributed by atoms with E-state index in [2.05, 4.69) is 4.98 Å². The monoisotopic (exact) mass is 273 g/mol. The molecule has 0 aliphatic carbocycles. The molecule has 5 heteroatoms. The van der Waals surface area contributed by atoms with Crippen LogP contribution in [-0.4, -0.2) is 34.0 Å². The van der Waals surface area contributed by atoms with Gasteiger partial charge >= 0.3 is 0 Å². The van der Waals surface area contributed by atoms with Crippen molar-refractivity contribution < 1.29 is 9.18 Å². The van der Waals surface area contributed by atoms with E-state index < -0.39 is 0 Å². The highest BCUT2D eigenvalue weighted by molar-refractivity contribution is 5.57. The first-order valence-corrected chi connectivity index (χ1v) is 6.75. The Morgan fingerprint density at radius 1 is 1.30 bits per heavy atom. The number of halogens is 1. The van der Waals surface area contributed by atoms with E-state index in [1.54, 1.807) is 23.4 Å². The van der Waals surface area contributed by atoms with Gasteiger partial charge in [-0.1, -0.05) is 0 Å². The van der Waals surface area contributed by atoms with Crippen LogP contribution in [0, 0.1) is 5.82 Å². The van der Waals surface area contributed by atoms with Crippen molar-refractivity contribution in [3.8, 4) is 11.3 Å². The average Bonchev–Trinajstić information content (AvgIpc) is 2.98. The van der Waals surface area contributed by atoms with Crippen LogP contribution in [0.3, 0.4) is 0 Å². The Bertz CT molecular complexity index is 593. The second-order valence-corrected chi connectivity index (χ2v) is 5.11. The van der Waals surface area contributed by atoms with E-state index in [1.807, 2.05) is 10.8 Å². The molecule has 104 valence electrons. The predicted molar refractivity (Wildman–Crippen MR) is 73.5 cm³/mol. The molecule has 4 nitrogen and oxygen atoms in total. The fraction of sp³-hybridized carbons (Fsp3) is 0.333. The molecule has 0 bridgehead atoms. The minimum atomic E-state index is -0.248. The summed E-state index contributed by atoms with van der Waals surface area (Å²) in [5.74, 6) is -0.248. The number of piperidine rings is 1. The molecular formula is C15H16FN3O. The van der Waals surface area contributed by atoms with Gasteiger partial charge in [0.05, 0.1) is 18.1 Å². The number of rotatable bonds is 3. The van der Waals surface area contributed by atoms with E-state index >= 15 is 0 Å². The minimum absolute atomic E-state index is 0.248.